The molecule has 0 saturated heterocycles. The van der Waals surface area contributed by atoms with Crippen molar-refractivity contribution < 1.29 is 9.53 Å². The van der Waals surface area contributed by atoms with Gasteiger partial charge in [0.05, 0.1) is 7.11 Å². The number of fused-ring (bicyclic) bond motifs is 1. The minimum atomic E-state index is -0.336. The van der Waals surface area contributed by atoms with Gasteiger partial charge in [0.1, 0.15) is 5.69 Å². The molecule has 1 N–H and O–H groups in total. The molecule has 0 aliphatic rings. The molecule has 15 heavy (non-hydrogen) atoms. The number of carbonyl (C=O) groups excluding carboxylic acids is 1. The van der Waals surface area contributed by atoms with Gasteiger partial charge in [0.25, 0.3) is 0 Å². The van der Waals surface area contributed by atoms with Crippen LogP contribution in [0.3, 0.4) is 0 Å². The Bertz CT molecular complexity index is 504. The summed E-state index contributed by atoms with van der Waals surface area (Å²) < 4.78 is 4.65. The Labute approximate surface area is 91.8 Å². The Balaban J connectivity index is 2.51. The van der Waals surface area contributed by atoms with Crippen molar-refractivity contribution >= 4 is 28.6 Å². The van der Waals surface area contributed by atoms with E-state index in [1.807, 2.05) is 24.5 Å². The van der Waals surface area contributed by atoms with Crippen LogP contribution >= 0.6 is 11.8 Å². The summed E-state index contributed by atoms with van der Waals surface area (Å²) in [6, 6.07) is 7.84. The standard InChI is InChI=1S/C11H11NO2S/c1-14-11(13)10-6-7-5-8(15-2)3-4-9(7)12-10/h3-6,12H,1-2H3. The van der Waals surface area contributed by atoms with E-state index in [-0.39, 0.29) is 5.97 Å². The van der Waals surface area contributed by atoms with Crippen LogP contribution in [0.2, 0.25) is 0 Å². The van der Waals surface area contributed by atoms with Gasteiger partial charge in [0.2, 0.25) is 0 Å². The lowest BCUT2D eigenvalue weighted by atomic mass is 10.2. The van der Waals surface area contributed by atoms with Crippen molar-refractivity contribution in [1.29, 1.82) is 0 Å². The predicted molar refractivity (Wildman–Crippen MR) is 61.4 cm³/mol. The maximum absolute atomic E-state index is 11.3. The molecular formula is C11H11NO2S. The first-order chi connectivity index (χ1) is 7.24. The van der Waals surface area contributed by atoms with E-state index in [1.54, 1.807) is 17.8 Å². The van der Waals surface area contributed by atoms with Crippen LogP contribution in [0, 0.1) is 0 Å². The summed E-state index contributed by atoms with van der Waals surface area (Å²) in [6.07, 6.45) is 2.02. The largest absolute Gasteiger partial charge is 0.464 e. The number of rotatable bonds is 2. The van der Waals surface area contributed by atoms with Crippen LogP contribution in [0.25, 0.3) is 10.9 Å². The predicted octanol–water partition coefficient (Wildman–Crippen LogP) is 2.68. The molecule has 0 bridgehead atoms. The Kier molecular flexibility index (Phi) is 2.68. The number of benzene rings is 1. The molecule has 0 spiro atoms. The van der Waals surface area contributed by atoms with Gasteiger partial charge in [-0.25, -0.2) is 4.79 Å². The molecule has 1 aromatic carbocycles. The second-order valence-corrected chi connectivity index (χ2v) is 4.01. The number of hydrogen-bond donors (Lipinski definition) is 1. The van der Waals surface area contributed by atoms with E-state index >= 15 is 0 Å². The highest BCUT2D eigenvalue weighted by Crippen LogP contribution is 2.22. The molecule has 0 amide bonds. The van der Waals surface area contributed by atoms with Crippen molar-refractivity contribution in [3.63, 3.8) is 0 Å². The van der Waals surface area contributed by atoms with Gasteiger partial charge in [0.15, 0.2) is 0 Å². The van der Waals surface area contributed by atoms with Crippen LogP contribution in [0.5, 0.6) is 0 Å². The molecule has 0 saturated carbocycles. The molecular weight excluding hydrogens is 210 g/mol. The van der Waals surface area contributed by atoms with Crippen molar-refractivity contribution in [3.05, 3.63) is 30.0 Å². The lowest BCUT2D eigenvalue weighted by Crippen LogP contribution is -2.00. The average molecular weight is 221 g/mol. The van der Waals surface area contributed by atoms with E-state index in [0.717, 1.165) is 10.9 Å². The molecule has 1 aromatic heterocycles. The molecule has 78 valence electrons. The molecule has 4 heteroatoms. The number of esters is 1. The van der Waals surface area contributed by atoms with Crippen molar-refractivity contribution in [1.82, 2.24) is 4.98 Å². The molecule has 0 atom stereocenters. The lowest BCUT2D eigenvalue weighted by molar-refractivity contribution is 0.0595. The van der Waals surface area contributed by atoms with E-state index in [2.05, 4.69) is 9.72 Å². The van der Waals surface area contributed by atoms with Crippen molar-refractivity contribution in [3.8, 4) is 0 Å². The first-order valence-electron chi connectivity index (χ1n) is 4.49. The van der Waals surface area contributed by atoms with Gasteiger partial charge in [-0.05, 0) is 30.5 Å². The van der Waals surface area contributed by atoms with E-state index < -0.39 is 0 Å². The van der Waals surface area contributed by atoms with Crippen LogP contribution in [-0.2, 0) is 4.74 Å². The minimum absolute atomic E-state index is 0.336. The van der Waals surface area contributed by atoms with Gasteiger partial charge in [-0.15, -0.1) is 11.8 Å². The monoisotopic (exact) mass is 221 g/mol. The number of ether oxygens (including phenoxy) is 1. The van der Waals surface area contributed by atoms with Gasteiger partial charge >= 0.3 is 5.97 Å². The zero-order valence-electron chi connectivity index (χ0n) is 8.53. The van der Waals surface area contributed by atoms with Gasteiger partial charge < -0.3 is 9.72 Å². The summed E-state index contributed by atoms with van der Waals surface area (Å²) in [5.74, 6) is -0.336. The second kappa shape index (κ2) is 3.98. The number of nitrogens with one attached hydrogen (secondary N) is 1. The zero-order valence-corrected chi connectivity index (χ0v) is 9.35. The summed E-state index contributed by atoms with van der Waals surface area (Å²) >= 11 is 1.68. The van der Waals surface area contributed by atoms with Gasteiger partial charge in [-0.1, -0.05) is 0 Å². The fourth-order valence-electron chi connectivity index (χ4n) is 1.46. The van der Waals surface area contributed by atoms with Crippen LogP contribution in [0.15, 0.2) is 29.2 Å². The molecule has 2 rings (SSSR count). The van der Waals surface area contributed by atoms with Crippen LogP contribution in [0.1, 0.15) is 10.5 Å². The van der Waals surface area contributed by atoms with Gasteiger partial charge in [-0.2, -0.15) is 0 Å². The topological polar surface area (TPSA) is 42.1 Å². The molecule has 0 unspecified atom stereocenters. The van der Waals surface area contributed by atoms with Crippen LogP contribution in [0.4, 0.5) is 0 Å². The third kappa shape index (κ3) is 1.85. The van der Waals surface area contributed by atoms with Gasteiger partial charge in [0, 0.05) is 15.8 Å². The van der Waals surface area contributed by atoms with E-state index in [9.17, 15) is 4.79 Å². The first-order valence-corrected chi connectivity index (χ1v) is 5.72. The Morgan fingerprint density at radius 2 is 2.20 bits per heavy atom. The second-order valence-electron chi connectivity index (χ2n) is 3.13. The Morgan fingerprint density at radius 3 is 2.87 bits per heavy atom. The highest BCUT2D eigenvalue weighted by Gasteiger charge is 2.09. The minimum Gasteiger partial charge on any atom is -0.464 e. The zero-order chi connectivity index (χ0) is 10.8. The SMILES string of the molecule is COC(=O)c1cc2cc(SC)ccc2[nH]1. The van der Waals surface area contributed by atoms with E-state index in [1.165, 1.54) is 12.0 Å². The molecule has 0 fully saturated rings. The number of aromatic amines is 1. The quantitative estimate of drug-likeness (QED) is 0.626. The third-order valence-electron chi connectivity index (χ3n) is 2.23. The fraction of sp³-hybridized carbons (Fsp3) is 0.182. The molecule has 0 radical (unpaired) electrons. The van der Waals surface area contributed by atoms with Gasteiger partial charge in [-0.3, -0.25) is 0 Å². The molecule has 2 aromatic rings. The number of hydrogen-bond acceptors (Lipinski definition) is 3. The number of methoxy groups -OCH3 is 1. The summed E-state index contributed by atoms with van der Waals surface area (Å²) in [5.41, 5.74) is 1.44. The summed E-state index contributed by atoms with van der Waals surface area (Å²) in [4.78, 5) is 15.5. The Hall–Kier alpha value is -1.42. The highest BCUT2D eigenvalue weighted by atomic mass is 32.2. The summed E-state index contributed by atoms with van der Waals surface area (Å²) in [7, 11) is 1.38. The van der Waals surface area contributed by atoms with E-state index in [0.29, 0.717) is 5.69 Å². The summed E-state index contributed by atoms with van der Waals surface area (Å²) in [6.45, 7) is 0. The maximum Gasteiger partial charge on any atom is 0.354 e. The van der Waals surface area contributed by atoms with Crippen molar-refractivity contribution in [2.24, 2.45) is 0 Å². The molecule has 0 aliphatic heterocycles. The fourth-order valence-corrected chi connectivity index (χ4v) is 1.91. The number of aromatic nitrogens is 1. The Morgan fingerprint density at radius 1 is 1.40 bits per heavy atom. The van der Waals surface area contributed by atoms with Crippen LogP contribution < -0.4 is 0 Å². The first kappa shape index (κ1) is 10.1. The number of H-pyrrole nitrogens is 1. The highest BCUT2D eigenvalue weighted by molar-refractivity contribution is 7.98. The lowest BCUT2D eigenvalue weighted by Gasteiger charge is -1.94. The summed E-state index contributed by atoms with van der Waals surface area (Å²) in [5, 5.41) is 1.03. The van der Waals surface area contributed by atoms with Crippen LogP contribution in [-0.4, -0.2) is 24.3 Å². The van der Waals surface area contributed by atoms with E-state index in [4.69, 9.17) is 0 Å². The molecule has 1 heterocycles. The maximum atomic E-state index is 11.3. The normalized spacial score (nSPS) is 10.5. The van der Waals surface area contributed by atoms with Crippen molar-refractivity contribution in [2.45, 2.75) is 4.90 Å². The average Bonchev–Trinajstić information content (AvgIpc) is 2.70. The molecule has 0 aliphatic carbocycles. The third-order valence-corrected chi connectivity index (χ3v) is 2.96. The molecule has 3 nitrogen and oxygen atoms in total. The smallest absolute Gasteiger partial charge is 0.354 e. The number of carbonyl (C=O) groups is 1. The number of thioether (sulfide) groups is 1. The van der Waals surface area contributed by atoms with Crippen molar-refractivity contribution in [2.75, 3.05) is 13.4 Å².